The summed E-state index contributed by atoms with van der Waals surface area (Å²) in [6.07, 6.45) is 0.767. The fourth-order valence-corrected chi connectivity index (χ4v) is 2.07. The molecule has 1 heterocycles. The third kappa shape index (κ3) is 4.15. The summed E-state index contributed by atoms with van der Waals surface area (Å²) in [6, 6.07) is 6.48. The summed E-state index contributed by atoms with van der Waals surface area (Å²) < 4.78 is 6.50. The molecular weight excluding hydrogens is 377 g/mol. The molecule has 0 fully saturated rings. The van der Waals surface area contributed by atoms with Crippen molar-refractivity contribution in [3.05, 3.63) is 33.2 Å². The van der Waals surface area contributed by atoms with Crippen molar-refractivity contribution < 1.29 is 4.52 Å². The lowest BCUT2D eigenvalue weighted by molar-refractivity contribution is 0.418. The smallest absolute Gasteiger partial charge is 0.257 e. The molecule has 1 aromatic carbocycles. The van der Waals surface area contributed by atoms with E-state index in [2.05, 4.69) is 64.0 Å². The summed E-state index contributed by atoms with van der Waals surface area (Å²) in [7, 11) is 1.92. The Hall–Kier alpha value is -0.660. The number of benzene rings is 1. The van der Waals surface area contributed by atoms with Gasteiger partial charge in [-0.25, -0.2) is 0 Å². The predicted octanol–water partition coefficient (Wildman–Crippen LogP) is 3.22. The largest absolute Gasteiger partial charge is 0.334 e. The molecule has 104 valence electrons. The van der Waals surface area contributed by atoms with Crippen LogP contribution < -0.4 is 5.32 Å². The second-order valence-electron chi connectivity index (χ2n) is 4.37. The molecule has 1 unspecified atom stereocenters. The first-order valence-corrected chi connectivity index (χ1v) is 6.94. The number of hydrogen-bond acceptors (Lipinski definition) is 4. The topological polar surface area (TPSA) is 51.0 Å². The Balaban J connectivity index is 0.00000180. The van der Waals surface area contributed by atoms with Gasteiger partial charge in [-0.2, -0.15) is 4.98 Å². The van der Waals surface area contributed by atoms with Gasteiger partial charge in [0, 0.05) is 21.6 Å². The molecule has 2 aromatic rings. The minimum absolute atomic E-state index is 0. The van der Waals surface area contributed by atoms with Crippen LogP contribution in [0.15, 0.2) is 22.7 Å². The average molecular weight is 394 g/mol. The average Bonchev–Trinajstić information content (AvgIpc) is 2.81. The molecule has 0 saturated carbocycles. The minimum Gasteiger partial charge on any atom is -0.334 e. The van der Waals surface area contributed by atoms with Gasteiger partial charge >= 0.3 is 0 Å². The SMILES string of the molecule is CNC(C)Cc1noc(-c2ccc(C)c(I)c2)n1.Cl. The molecular formula is C13H17ClIN3O. The Labute approximate surface area is 132 Å². The van der Waals surface area contributed by atoms with Gasteiger partial charge in [0.05, 0.1) is 0 Å². The fourth-order valence-electron chi connectivity index (χ4n) is 1.56. The van der Waals surface area contributed by atoms with Crippen molar-refractivity contribution in [2.45, 2.75) is 26.3 Å². The van der Waals surface area contributed by atoms with Crippen molar-refractivity contribution in [2.75, 3.05) is 7.05 Å². The first-order valence-electron chi connectivity index (χ1n) is 5.86. The van der Waals surface area contributed by atoms with Crippen LogP contribution in [0.4, 0.5) is 0 Å². The Morgan fingerprint density at radius 2 is 2.16 bits per heavy atom. The van der Waals surface area contributed by atoms with E-state index in [4.69, 9.17) is 4.52 Å². The van der Waals surface area contributed by atoms with Gasteiger partial charge in [0.15, 0.2) is 5.82 Å². The molecule has 2 rings (SSSR count). The molecule has 0 amide bonds. The van der Waals surface area contributed by atoms with Crippen molar-refractivity contribution in [3.63, 3.8) is 0 Å². The van der Waals surface area contributed by atoms with E-state index < -0.39 is 0 Å². The zero-order valence-electron chi connectivity index (χ0n) is 11.1. The van der Waals surface area contributed by atoms with E-state index in [9.17, 15) is 0 Å². The van der Waals surface area contributed by atoms with E-state index in [0.29, 0.717) is 11.9 Å². The highest BCUT2D eigenvalue weighted by atomic mass is 127. The number of nitrogens with one attached hydrogen (secondary N) is 1. The van der Waals surface area contributed by atoms with Gasteiger partial charge < -0.3 is 9.84 Å². The van der Waals surface area contributed by atoms with Gasteiger partial charge in [-0.1, -0.05) is 11.2 Å². The number of nitrogens with zero attached hydrogens (tertiary/aromatic N) is 2. The molecule has 0 aliphatic heterocycles. The van der Waals surface area contributed by atoms with Crippen LogP contribution in [0.25, 0.3) is 11.5 Å². The molecule has 0 aliphatic carbocycles. The van der Waals surface area contributed by atoms with Crippen LogP contribution in [0.2, 0.25) is 0 Å². The number of hydrogen-bond donors (Lipinski definition) is 1. The quantitative estimate of drug-likeness (QED) is 0.811. The molecule has 6 heteroatoms. The number of aryl methyl sites for hydroxylation is 1. The van der Waals surface area contributed by atoms with E-state index in [-0.39, 0.29) is 12.4 Å². The third-order valence-corrected chi connectivity index (χ3v) is 4.03. The standard InChI is InChI=1S/C13H16IN3O.ClH/c1-8-4-5-10(7-11(8)14)13-16-12(17-18-13)6-9(2)15-3;/h4-5,7,9,15H,6H2,1-3H3;1H. The summed E-state index contributed by atoms with van der Waals surface area (Å²) in [5.41, 5.74) is 2.23. The Kier molecular flexibility index (Phi) is 6.22. The van der Waals surface area contributed by atoms with Crippen LogP contribution in [0, 0.1) is 10.5 Å². The molecule has 0 radical (unpaired) electrons. The zero-order valence-corrected chi connectivity index (χ0v) is 14.1. The highest BCUT2D eigenvalue weighted by Crippen LogP contribution is 2.22. The second-order valence-corrected chi connectivity index (χ2v) is 5.54. The maximum atomic E-state index is 5.30. The van der Waals surface area contributed by atoms with E-state index in [1.54, 1.807) is 0 Å². The Bertz CT molecular complexity index is 544. The second kappa shape index (κ2) is 7.21. The van der Waals surface area contributed by atoms with Crippen molar-refractivity contribution in [1.29, 1.82) is 0 Å². The molecule has 0 spiro atoms. The number of rotatable bonds is 4. The van der Waals surface area contributed by atoms with Gasteiger partial charge in [-0.3, -0.25) is 0 Å². The van der Waals surface area contributed by atoms with E-state index in [1.807, 2.05) is 13.1 Å². The molecule has 0 saturated heterocycles. The Morgan fingerprint density at radius 1 is 1.42 bits per heavy atom. The highest BCUT2D eigenvalue weighted by Gasteiger charge is 2.11. The molecule has 0 aliphatic rings. The van der Waals surface area contributed by atoms with Gasteiger partial charge in [0.1, 0.15) is 0 Å². The van der Waals surface area contributed by atoms with E-state index >= 15 is 0 Å². The summed E-state index contributed by atoms with van der Waals surface area (Å²) in [4.78, 5) is 4.42. The van der Waals surface area contributed by atoms with Gasteiger partial charge in [0.25, 0.3) is 5.89 Å². The van der Waals surface area contributed by atoms with Crippen LogP contribution in [-0.2, 0) is 6.42 Å². The van der Waals surface area contributed by atoms with Crippen LogP contribution in [-0.4, -0.2) is 23.2 Å². The zero-order chi connectivity index (χ0) is 13.1. The van der Waals surface area contributed by atoms with Crippen molar-refractivity contribution in [3.8, 4) is 11.5 Å². The molecule has 19 heavy (non-hydrogen) atoms. The lowest BCUT2D eigenvalue weighted by atomic mass is 10.1. The summed E-state index contributed by atoms with van der Waals surface area (Å²) in [6.45, 7) is 4.17. The monoisotopic (exact) mass is 393 g/mol. The summed E-state index contributed by atoms with van der Waals surface area (Å²) in [5, 5.41) is 7.16. The number of likely N-dealkylation sites (N-methyl/N-ethyl adjacent to an activating group) is 1. The molecule has 1 atom stereocenters. The van der Waals surface area contributed by atoms with Crippen molar-refractivity contribution in [2.24, 2.45) is 0 Å². The lowest BCUT2D eigenvalue weighted by Crippen LogP contribution is -2.24. The highest BCUT2D eigenvalue weighted by molar-refractivity contribution is 14.1. The minimum atomic E-state index is 0. The third-order valence-electron chi connectivity index (χ3n) is 2.87. The summed E-state index contributed by atoms with van der Waals surface area (Å²) >= 11 is 2.31. The first kappa shape index (κ1) is 16.4. The Morgan fingerprint density at radius 3 is 2.79 bits per heavy atom. The van der Waals surface area contributed by atoms with Gasteiger partial charge in [-0.05, 0) is 61.2 Å². The van der Waals surface area contributed by atoms with Crippen molar-refractivity contribution in [1.82, 2.24) is 15.5 Å². The molecule has 0 bridgehead atoms. The number of halogens is 2. The molecule has 1 N–H and O–H groups in total. The van der Waals surface area contributed by atoms with Gasteiger partial charge in [0.2, 0.25) is 0 Å². The van der Waals surface area contributed by atoms with Crippen LogP contribution in [0.3, 0.4) is 0 Å². The fraction of sp³-hybridized carbons (Fsp3) is 0.385. The number of aromatic nitrogens is 2. The van der Waals surface area contributed by atoms with Gasteiger partial charge in [-0.15, -0.1) is 12.4 Å². The first-order chi connectivity index (χ1) is 8.60. The maximum absolute atomic E-state index is 5.30. The van der Waals surface area contributed by atoms with Crippen LogP contribution in [0.1, 0.15) is 18.3 Å². The normalized spacial score (nSPS) is 12.0. The van der Waals surface area contributed by atoms with E-state index in [1.165, 1.54) is 9.13 Å². The van der Waals surface area contributed by atoms with Crippen LogP contribution in [0.5, 0.6) is 0 Å². The predicted molar refractivity (Wildman–Crippen MR) is 86.7 cm³/mol. The maximum Gasteiger partial charge on any atom is 0.257 e. The lowest BCUT2D eigenvalue weighted by Gasteiger charge is -2.04. The summed E-state index contributed by atoms with van der Waals surface area (Å²) in [5.74, 6) is 1.33. The van der Waals surface area contributed by atoms with Crippen molar-refractivity contribution >= 4 is 35.0 Å². The van der Waals surface area contributed by atoms with Crippen LogP contribution >= 0.6 is 35.0 Å². The molecule has 4 nitrogen and oxygen atoms in total. The molecule has 1 aromatic heterocycles. The van der Waals surface area contributed by atoms with E-state index in [0.717, 1.165) is 17.8 Å².